The molecular formula is C12H12ClN3O4S. The van der Waals surface area contributed by atoms with Gasteiger partial charge in [-0.25, -0.2) is 13.4 Å². The normalized spacial score (nSPS) is 13.0. The number of nitrogens with one attached hydrogen (secondary N) is 2. The Morgan fingerprint density at radius 2 is 2.05 bits per heavy atom. The lowest BCUT2D eigenvalue weighted by Crippen LogP contribution is -2.42. The zero-order valence-corrected chi connectivity index (χ0v) is 12.2. The van der Waals surface area contributed by atoms with Gasteiger partial charge in [-0.05, 0) is 24.3 Å². The van der Waals surface area contributed by atoms with Crippen LogP contribution in [0.3, 0.4) is 0 Å². The number of hydrogen-bond acceptors (Lipinski definition) is 4. The first-order valence-corrected chi connectivity index (χ1v) is 7.72. The van der Waals surface area contributed by atoms with Crippen LogP contribution in [-0.2, 0) is 21.2 Å². The number of rotatable bonds is 6. The van der Waals surface area contributed by atoms with E-state index in [9.17, 15) is 13.2 Å². The Kier molecular flexibility index (Phi) is 4.61. The smallest absolute Gasteiger partial charge is 0.322 e. The molecule has 2 rings (SSSR count). The van der Waals surface area contributed by atoms with Crippen LogP contribution in [0.1, 0.15) is 5.69 Å². The molecule has 1 atom stereocenters. The molecule has 0 unspecified atom stereocenters. The summed E-state index contributed by atoms with van der Waals surface area (Å²) in [6.07, 6.45) is 2.79. The monoisotopic (exact) mass is 329 g/mol. The number of H-pyrrole nitrogens is 1. The summed E-state index contributed by atoms with van der Waals surface area (Å²) in [5, 5.41) is 9.53. The molecule has 0 fully saturated rings. The van der Waals surface area contributed by atoms with Crippen molar-refractivity contribution >= 4 is 27.6 Å². The minimum Gasteiger partial charge on any atom is -0.480 e. The van der Waals surface area contributed by atoms with Crippen molar-refractivity contribution in [2.24, 2.45) is 0 Å². The molecule has 0 bridgehead atoms. The first-order chi connectivity index (χ1) is 9.88. The number of carboxylic acid groups (broad SMARTS) is 1. The molecule has 0 radical (unpaired) electrons. The summed E-state index contributed by atoms with van der Waals surface area (Å²) in [4.78, 5) is 17.6. The van der Waals surface area contributed by atoms with Gasteiger partial charge in [0.05, 0.1) is 11.2 Å². The van der Waals surface area contributed by atoms with Gasteiger partial charge in [0.2, 0.25) is 10.0 Å². The predicted octanol–water partition coefficient (Wildman–Crippen LogP) is 1.04. The molecule has 0 aliphatic rings. The molecule has 112 valence electrons. The van der Waals surface area contributed by atoms with E-state index >= 15 is 0 Å². The molecule has 7 nitrogen and oxygen atoms in total. The van der Waals surface area contributed by atoms with Gasteiger partial charge in [0.25, 0.3) is 0 Å². The lowest BCUT2D eigenvalue weighted by molar-refractivity contribution is -0.138. The van der Waals surface area contributed by atoms with E-state index in [0.29, 0.717) is 10.7 Å². The summed E-state index contributed by atoms with van der Waals surface area (Å²) in [5.41, 5.74) is 0.515. The Balaban J connectivity index is 2.19. The minimum absolute atomic E-state index is 0.0395. The van der Waals surface area contributed by atoms with Crippen molar-refractivity contribution < 1.29 is 18.3 Å². The van der Waals surface area contributed by atoms with Crippen LogP contribution in [-0.4, -0.2) is 35.5 Å². The molecule has 21 heavy (non-hydrogen) atoms. The molecule has 0 spiro atoms. The fourth-order valence-corrected chi connectivity index (χ4v) is 2.98. The van der Waals surface area contributed by atoms with Gasteiger partial charge in [-0.3, -0.25) is 4.79 Å². The molecule has 3 N–H and O–H groups in total. The Labute approximate surface area is 126 Å². The summed E-state index contributed by atoms with van der Waals surface area (Å²) in [7, 11) is -3.95. The first kappa shape index (κ1) is 15.5. The predicted molar refractivity (Wildman–Crippen MR) is 75.5 cm³/mol. The number of aromatic nitrogens is 2. The third kappa shape index (κ3) is 4.03. The molecule has 0 saturated heterocycles. The van der Waals surface area contributed by atoms with Crippen molar-refractivity contribution in [2.45, 2.75) is 17.4 Å². The second-order valence-electron chi connectivity index (χ2n) is 4.25. The van der Waals surface area contributed by atoms with Gasteiger partial charge in [0.15, 0.2) is 0 Å². The van der Waals surface area contributed by atoms with Crippen LogP contribution in [0.25, 0.3) is 0 Å². The maximum atomic E-state index is 12.1. The highest BCUT2D eigenvalue weighted by molar-refractivity contribution is 7.89. The van der Waals surface area contributed by atoms with Gasteiger partial charge in [0.1, 0.15) is 6.04 Å². The fraction of sp³-hybridized carbons (Fsp3) is 0.167. The first-order valence-electron chi connectivity index (χ1n) is 5.86. The summed E-state index contributed by atoms with van der Waals surface area (Å²) in [5.74, 6) is -1.28. The van der Waals surface area contributed by atoms with Gasteiger partial charge in [-0.1, -0.05) is 11.6 Å². The molecule has 2 aromatic rings. The molecule has 0 aliphatic carbocycles. The summed E-state index contributed by atoms with van der Waals surface area (Å²) in [6.45, 7) is 0. The Morgan fingerprint density at radius 1 is 1.38 bits per heavy atom. The number of aliphatic carboxylic acids is 1. The van der Waals surface area contributed by atoms with Crippen molar-refractivity contribution in [3.63, 3.8) is 0 Å². The number of sulfonamides is 1. The van der Waals surface area contributed by atoms with E-state index in [4.69, 9.17) is 16.7 Å². The number of hydrogen-bond donors (Lipinski definition) is 3. The van der Waals surface area contributed by atoms with Gasteiger partial charge in [-0.2, -0.15) is 4.72 Å². The number of halogens is 1. The lowest BCUT2D eigenvalue weighted by Gasteiger charge is -2.14. The molecule has 1 aromatic carbocycles. The lowest BCUT2D eigenvalue weighted by atomic mass is 10.2. The number of nitrogens with zero attached hydrogens (tertiary/aromatic N) is 1. The standard InChI is InChI=1S/C12H12ClN3O4S/c13-8-1-3-10(4-2-8)21(19,20)16-11(12(17)18)5-9-6-14-7-15-9/h1-4,6-7,11,16H,5H2,(H,14,15)(H,17,18)/t11-/m1/s1. The summed E-state index contributed by atoms with van der Waals surface area (Å²) in [6, 6.07) is 4.15. The van der Waals surface area contributed by atoms with E-state index in [1.807, 2.05) is 0 Å². The Hall–Kier alpha value is -1.90. The largest absolute Gasteiger partial charge is 0.480 e. The van der Waals surface area contributed by atoms with Gasteiger partial charge in [-0.15, -0.1) is 0 Å². The molecule has 0 aliphatic heterocycles. The van der Waals surface area contributed by atoms with E-state index < -0.39 is 22.0 Å². The van der Waals surface area contributed by atoms with Gasteiger partial charge >= 0.3 is 5.97 Å². The van der Waals surface area contributed by atoms with Gasteiger partial charge in [0, 0.05) is 23.3 Å². The van der Waals surface area contributed by atoms with Crippen LogP contribution in [0.2, 0.25) is 5.02 Å². The average molecular weight is 330 g/mol. The maximum absolute atomic E-state index is 12.1. The van der Waals surface area contributed by atoms with Crippen LogP contribution in [0.5, 0.6) is 0 Å². The van der Waals surface area contributed by atoms with Crippen LogP contribution < -0.4 is 4.72 Å². The second kappa shape index (κ2) is 6.25. The molecule has 0 saturated carbocycles. The SMILES string of the molecule is O=C(O)[C@@H](Cc1cnc[nH]1)NS(=O)(=O)c1ccc(Cl)cc1. The minimum atomic E-state index is -3.95. The van der Waals surface area contributed by atoms with E-state index in [1.165, 1.54) is 36.8 Å². The molecule has 1 heterocycles. The number of benzene rings is 1. The van der Waals surface area contributed by atoms with Gasteiger partial charge < -0.3 is 10.1 Å². The van der Waals surface area contributed by atoms with E-state index in [2.05, 4.69) is 14.7 Å². The zero-order valence-electron chi connectivity index (χ0n) is 10.7. The van der Waals surface area contributed by atoms with E-state index in [0.717, 1.165) is 0 Å². The third-order valence-electron chi connectivity index (χ3n) is 2.70. The van der Waals surface area contributed by atoms with E-state index in [1.54, 1.807) is 0 Å². The maximum Gasteiger partial charge on any atom is 0.322 e. The number of carboxylic acids is 1. The second-order valence-corrected chi connectivity index (χ2v) is 6.40. The third-order valence-corrected chi connectivity index (χ3v) is 4.44. The molecule has 0 amide bonds. The Morgan fingerprint density at radius 3 is 2.57 bits per heavy atom. The molecule has 9 heteroatoms. The van der Waals surface area contributed by atoms with Crippen LogP contribution >= 0.6 is 11.6 Å². The van der Waals surface area contributed by atoms with Crippen LogP contribution in [0.4, 0.5) is 0 Å². The summed E-state index contributed by atoms with van der Waals surface area (Å²) >= 11 is 5.69. The fourth-order valence-electron chi connectivity index (χ4n) is 1.66. The number of aromatic amines is 1. The van der Waals surface area contributed by atoms with Crippen molar-refractivity contribution in [1.82, 2.24) is 14.7 Å². The quantitative estimate of drug-likeness (QED) is 0.733. The van der Waals surface area contributed by atoms with Crippen LogP contribution in [0, 0.1) is 0 Å². The summed E-state index contributed by atoms with van der Waals surface area (Å²) < 4.78 is 26.4. The highest BCUT2D eigenvalue weighted by Gasteiger charge is 2.26. The highest BCUT2D eigenvalue weighted by atomic mass is 35.5. The average Bonchev–Trinajstić information content (AvgIpc) is 2.91. The zero-order chi connectivity index (χ0) is 15.5. The van der Waals surface area contributed by atoms with Crippen molar-refractivity contribution in [3.05, 3.63) is 47.5 Å². The highest BCUT2D eigenvalue weighted by Crippen LogP contribution is 2.14. The number of imidazole rings is 1. The van der Waals surface area contributed by atoms with Crippen molar-refractivity contribution in [2.75, 3.05) is 0 Å². The van der Waals surface area contributed by atoms with Crippen molar-refractivity contribution in [3.8, 4) is 0 Å². The van der Waals surface area contributed by atoms with Crippen molar-refractivity contribution in [1.29, 1.82) is 0 Å². The Bertz CT molecular complexity index is 713. The number of carbonyl (C=O) groups is 1. The topological polar surface area (TPSA) is 112 Å². The molecular weight excluding hydrogens is 318 g/mol. The molecule has 1 aromatic heterocycles. The van der Waals surface area contributed by atoms with E-state index in [-0.39, 0.29) is 11.3 Å². The van der Waals surface area contributed by atoms with Crippen LogP contribution in [0.15, 0.2) is 41.7 Å².